The van der Waals surface area contributed by atoms with Gasteiger partial charge in [0.15, 0.2) is 6.61 Å². The monoisotopic (exact) mass is 421 g/mol. The molecule has 8 nitrogen and oxygen atoms in total. The standard InChI is InChI=1S/C18H19N3O5S2/c1-12(2)16(21-28(24,25)14-6-4-3-5-7-14)18(23)26-11-15(22)20-17-13(10-19)8-9-27-17/h3-9,12,16,21H,11H2,1-2H3,(H,20,22). The molecule has 0 aliphatic rings. The highest BCUT2D eigenvalue weighted by molar-refractivity contribution is 7.89. The zero-order valence-corrected chi connectivity index (χ0v) is 16.8. The van der Waals surface area contributed by atoms with E-state index in [1.165, 1.54) is 23.5 Å². The van der Waals surface area contributed by atoms with Crippen LogP contribution in [-0.4, -0.2) is 32.9 Å². The molecule has 1 aromatic heterocycles. The van der Waals surface area contributed by atoms with Crippen LogP contribution in [0.3, 0.4) is 0 Å². The average Bonchev–Trinajstić information content (AvgIpc) is 3.11. The van der Waals surface area contributed by atoms with E-state index >= 15 is 0 Å². The normalized spacial score (nSPS) is 12.2. The number of hydrogen-bond donors (Lipinski definition) is 2. The number of ether oxygens (including phenoxy) is 1. The summed E-state index contributed by atoms with van der Waals surface area (Å²) in [6.07, 6.45) is 0. The second-order valence-electron chi connectivity index (χ2n) is 6.09. The third-order valence-corrected chi connectivity index (χ3v) is 5.93. The topological polar surface area (TPSA) is 125 Å². The Bertz CT molecular complexity index is 978. The summed E-state index contributed by atoms with van der Waals surface area (Å²) in [7, 11) is -3.92. The lowest BCUT2D eigenvalue weighted by Gasteiger charge is -2.20. The molecule has 0 aliphatic heterocycles. The smallest absolute Gasteiger partial charge is 0.324 e. The molecular weight excluding hydrogens is 402 g/mol. The van der Waals surface area contributed by atoms with E-state index in [-0.39, 0.29) is 4.90 Å². The Morgan fingerprint density at radius 2 is 1.89 bits per heavy atom. The molecule has 2 aromatic rings. The first-order valence-electron chi connectivity index (χ1n) is 8.26. The molecule has 0 spiro atoms. The minimum Gasteiger partial charge on any atom is -0.454 e. The van der Waals surface area contributed by atoms with Crippen molar-refractivity contribution < 1.29 is 22.7 Å². The summed E-state index contributed by atoms with van der Waals surface area (Å²) in [6, 6.07) is 9.97. The van der Waals surface area contributed by atoms with Crippen molar-refractivity contribution >= 4 is 38.2 Å². The van der Waals surface area contributed by atoms with Gasteiger partial charge in [0.05, 0.1) is 10.5 Å². The number of nitrogens with one attached hydrogen (secondary N) is 2. The van der Waals surface area contributed by atoms with Crippen LogP contribution >= 0.6 is 11.3 Å². The van der Waals surface area contributed by atoms with Crippen LogP contribution in [0.2, 0.25) is 0 Å². The molecule has 1 aromatic carbocycles. The van der Waals surface area contributed by atoms with Gasteiger partial charge in [0.1, 0.15) is 17.1 Å². The number of nitriles is 1. The Hall–Kier alpha value is -2.74. The lowest BCUT2D eigenvalue weighted by molar-refractivity contribution is -0.150. The van der Waals surface area contributed by atoms with Crippen molar-refractivity contribution in [3.05, 3.63) is 47.3 Å². The molecule has 0 fully saturated rings. The van der Waals surface area contributed by atoms with Gasteiger partial charge in [-0.25, -0.2) is 8.42 Å². The summed E-state index contributed by atoms with van der Waals surface area (Å²) in [4.78, 5) is 24.3. The van der Waals surface area contributed by atoms with Gasteiger partial charge >= 0.3 is 5.97 Å². The number of carbonyl (C=O) groups excluding carboxylic acids is 2. The van der Waals surface area contributed by atoms with Crippen LogP contribution in [0.25, 0.3) is 0 Å². The first kappa shape index (κ1) is 21.6. The first-order chi connectivity index (χ1) is 13.2. The summed E-state index contributed by atoms with van der Waals surface area (Å²) in [5, 5.41) is 13.4. The van der Waals surface area contributed by atoms with Crippen LogP contribution in [0.15, 0.2) is 46.7 Å². The number of amides is 1. The van der Waals surface area contributed by atoms with Crippen LogP contribution in [-0.2, 0) is 24.3 Å². The summed E-state index contributed by atoms with van der Waals surface area (Å²) in [5.41, 5.74) is 0.306. The van der Waals surface area contributed by atoms with Gasteiger partial charge in [-0.1, -0.05) is 32.0 Å². The van der Waals surface area contributed by atoms with Crippen LogP contribution < -0.4 is 10.0 Å². The van der Waals surface area contributed by atoms with Gasteiger partial charge in [-0.15, -0.1) is 11.3 Å². The average molecular weight is 422 g/mol. The van der Waals surface area contributed by atoms with Crippen molar-refractivity contribution in [2.24, 2.45) is 5.92 Å². The second kappa shape index (κ2) is 9.45. The van der Waals surface area contributed by atoms with E-state index < -0.39 is 40.5 Å². The number of sulfonamides is 1. The van der Waals surface area contributed by atoms with Gasteiger partial charge in [-0.2, -0.15) is 9.98 Å². The summed E-state index contributed by atoms with van der Waals surface area (Å²) >= 11 is 1.17. The summed E-state index contributed by atoms with van der Waals surface area (Å²) in [6.45, 7) is 2.71. The Kier molecular flexibility index (Phi) is 7.28. The maximum absolute atomic E-state index is 12.4. The molecule has 0 bridgehead atoms. The van der Waals surface area contributed by atoms with Crippen molar-refractivity contribution in [1.29, 1.82) is 5.26 Å². The molecule has 1 unspecified atom stereocenters. The predicted molar refractivity (Wildman–Crippen MR) is 104 cm³/mol. The van der Waals surface area contributed by atoms with Gasteiger partial charge in [-0.05, 0) is 29.5 Å². The van der Waals surface area contributed by atoms with Crippen LogP contribution in [0.4, 0.5) is 5.00 Å². The van der Waals surface area contributed by atoms with E-state index in [9.17, 15) is 18.0 Å². The molecule has 0 saturated carbocycles. The van der Waals surface area contributed by atoms with Crippen molar-refractivity contribution in [3.8, 4) is 6.07 Å². The van der Waals surface area contributed by atoms with E-state index in [4.69, 9.17) is 10.00 Å². The lowest BCUT2D eigenvalue weighted by atomic mass is 10.1. The number of nitrogens with zero attached hydrogens (tertiary/aromatic N) is 1. The predicted octanol–water partition coefficient (Wildman–Crippen LogP) is 2.10. The minimum atomic E-state index is -3.92. The zero-order chi connectivity index (χ0) is 20.7. The SMILES string of the molecule is CC(C)C(NS(=O)(=O)c1ccccc1)C(=O)OCC(=O)Nc1sccc1C#N. The summed E-state index contributed by atoms with van der Waals surface area (Å²) in [5.74, 6) is -1.89. The van der Waals surface area contributed by atoms with Gasteiger partial charge in [0.25, 0.3) is 5.91 Å². The highest BCUT2D eigenvalue weighted by Gasteiger charge is 2.30. The van der Waals surface area contributed by atoms with E-state index in [2.05, 4.69) is 10.0 Å². The number of esters is 1. The molecule has 28 heavy (non-hydrogen) atoms. The molecular formula is C18H19N3O5S2. The fraction of sp³-hybridized carbons (Fsp3) is 0.278. The Morgan fingerprint density at radius 3 is 2.50 bits per heavy atom. The van der Waals surface area contributed by atoms with Crippen molar-refractivity contribution in [1.82, 2.24) is 4.72 Å². The van der Waals surface area contributed by atoms with E-state index in [0.29, 0.717) is 10.6 Å². The molecule has 10 heteroatoms. The van der Waals surface area contributed by atoms with Crippen molar-refractivity contribution in [3.63, 3.8) is 0 Å². The largest absolute Gasteiger partial charge is 0.454 e. The van der Waals surface area contributed by atoms with Gasteiger partial charge in [0, 0.05) is 0 Å². The molecule has 2 rings (SSSR count). The highest BCUT2D eigenvalue weighted by atomic mass is 32.2. The van der Waals surface area contributed by atoms with E-state index in [1.54, 1.807) is 43.5 Å². The fourth-order valence-corrected chi connectivity index (χ4v) is 4.28. The molecule has 0 saturated heterocycles. The minimum absolute atomic E-state index is 0.0212. The maximum atomic E-state index is 12.4. The second-order valence-corrected chi connectivity index (χ2v) is 8.72. The maximum Gasteiger partial charge on any atom is 0.324 e. The third kappa shape index (κ3) is 5.63. The number of thiophene rings is 1. The van der Waals surface area contributed by atoms with E-state index in [0.717, 1.165) is 0 Å². The Labute approximate surface area is 167 Å². The number of benzene rings is 1. The van der Waals surface area contributed by atoms with Crippen LogP contribution in [0, 0.1) is 17.2 Å². The quantitative estimate of drug-likeness (QED) is 0.629. The van der Waals surface area contributed by atoms with Crippen molar-refractivity contribution in [2.75, 3.05) is 11.9 Å². The molecule has 1 atom stereocenters. The number of rotatable bonds is 8. The molecule has 148 valence electrons. The van der Waals surface area contributed by atoms with E-state index in [1.807, 2.05) is 6.07 Å². The van der Waals surface area contributed by atoms with Gasteiger partial charge < -0.3 is 10.1 Å². The Balaban J connectivity index is 1.99. The van der Waals surface area contributed by atoms with Crippen molar-refractivity contribution in [2.45, 2.75) is 24.8 Å². The number of carbonyl (C=O) groups is 2. The fourth-order valence-electron chi connectivity index (χ4n) is 2.17. The van der Waals surface area contributed by atoms with Crippen LogP contribution in [0.1, 0.15) is 19.4 Å². The zero-order valence-electron chi connectivity index (χ0n) is 15.2. The molecule has 0 radical (unpaired) electrons. The molecule has 0 aliphatic carbocycles. The first-order valence-corrected chi connectivity index (χ1v) is 10.6. The number of hydrogen-bond acceptors (Lipinski definition) is 7. The van der Waals surface area contributed by atoms with Crippen LogP contribution in [0.5, 0.6) is 0 Å². The van der Waals surface area contributed by atoms with Gasteiger partial charge in [0.2, 0.25) is 10.0 Å². The molecule has 1 amide bonds. The lowest BCUT2D eigenvalue weighted by Crippen LogP contribution is -2.45. The Morgan fingerprint density at radius 1 is 1.21 bits per heavy atom. The highest BCUT2D eigenvalue weighted by Crippen LogP contribution is 2.22. The molecule has 1 heterocycles. The number of anilines is 1. The summed E-state index contributed by atoms with van der Waals surface area (Å²) < 4.78 is 32.2. The molecule has 2 N–H and O–H groups in total. The third-order valence-electron chi connectivity index (χ3n) is 3.64. The van der Waals surface area contributed by atoms with Gasteiger partial charge in [-0.3, -0.25) is 9.59 Å².